The van der Waals surface area contributed by atoms with Gasteiger partial charge >= 0.3 is 0 Å². The van der Waals surface area contributed by atoms with Crippen LogP contribution in [0.15, 0.2) is 17.0 Å². The lowest BCUT2D eigenvalue weighted by atomic mass is 10.1. The van der Waals surface area contributed by atoms with E-state index in [1.807, 2.05) is 13.8 Å². The van der Waals surface area contributed by atoms with Crippen molar-refractivity contribution in [3.8, 4) is 0 Å². The zero-order chi connectivity index (χ0) is 15.5. The van der Waals surface area contributed by atoms with Crippen LogP contribution in [0.2, 0.25) is 0 Å². The molecule has 0 aliphatic carbocycles. The molecule has 0 amide bonds. The molecule has 8 heteroatoms. The lowest BCUT2D eigenvalue weighted by molar-refractivity contribution is 0.492. The number of alkyl halides is 1. The molecule has 1 unspecified atom stereocenters. The highest BCUT2D eigenvalue weighted by atomic mass is 79.9. The van der Waals surface area contributed by atoms with Gasteiger partial charge in [0.1, 0.15) is 17.5 Å². The molecular weight excluding hydrogens is 359 g/mol. The molecule has 0 aliphatic rings. The highest BCUT2D eigenvalue weighted by Crippen LogP contribution is 2.20. The topological polar surface area (TPSA) is 46.2 Å². The Labute approximate surface area is 124 Å². The van der Waals surface area contributed by atoms with Crippen LogP contribution in [-0.4, -0.2) is 19.8 Å². The molecule has 114 valence electrons. The predicted octanol–water partition coefficient (Wildman–Crippen LogP) is 3.19. The molecule has 0 aromatic heterocycles. The van der Waals surface area contributed by atoms with E-state index in [2.05, 4.69) is 20.7 Å². The highest BCUT2D eigenvalue weighted by molar-refractivity contribution is 9.09. The molecule has 1 atom stereocenters. The van der Waals surface area contributed by atoms with Crippen LogP contribution in [0.4, 0.5) is 13.2 Å². The second kappa shape index (κ2) is 6.91. The molecule has 0 fully saturated rings. The largest absolute Gasteiger partial charge is 0.246 e. The van der Waals surface area contributed by atoms with Crippen molar-refractivity contribution in [1.29, 1.82) is 0 Å². The molecule has 1 N–H and O–H groups in total. The maximum Gasteiger partial charge on any atom is 0.246 e. The van der Waals surface area contributed by atoms with Crippen molar-refractivity contribution in [2.45, 2.75) is 30.0 Å². The van der Waals surface area contributed by atoms with Gasteiger partial charge in [-0.1, -0.05) is 29.8 Å². The summed E-state index contributed by atoms with van der Waals surface area (Å²) in [6.07, 6.45) is 0.691. The van der Waals surface area contributed by atoms with Gasteiger partial charge in [-0.3, -0.25) is 0 Å². The van der Waals surface area contributed by atoms with Crippen molar-refractivity contribution in [1.82, 2.24) is 4.72 Å². The number of nitrogens with one attached hydrogen (secondary N) is 1. The van der Waals surface area contributed by atoms with Crippen LogP contribution >= 0.6 is 15.9 Å². The van der Waals surface area contributed by atoms with Gasteiger partial charge in [-0.25, -0.2) is 26.3 Å². The van der Waals surface area contributed by atoms with Gasteiger partial charge in [-0.15, -0.1) is 0 Å². The van der Waals surface area contributed by atoms with Gasteiger partial charge in [-0.2, -0.15) is 0 Å². The molecule has 1 rings (SSSR count). The molecule has 1 aromatic rings. The molecule has 0 radical (unpaired) electrons. The SMILES string of the molecule is CC(C)CC(Br)CNS(=O)(=O)c1c(F)cc(F)cc1F. The number of rotatable bonds is 6. The van der Waals surface area contributed by atoms with E-state index >= 15 is 0 Å². The maximum atomic E-state index is 13.4. The Morgan fingerprint density at radius 2 is 1.70 bits per heavy atom. The Kier molecular flexibility index (Phi) is 6.03. The van der Waals surface area contributed by atoms with Crippen LogP contribution in [-0.2, 0) is 10.0 Å². The van der Waals surface area contributed by atoms with Crippen LogP contribution in [0.1, 0.15) is 20.3 Å². The van der Waals surface area contributed by atoms with E-state index in [1.165, 1.54) is 0 Å². The Bertz CT molecular complexity index is 555. The van der Waals surface area contributed by atoms with Crippen LogP contribution in [0.3, 0.4) is 0 Å². The lowest BCUT2D eigenvalue weighted by Crippen LogP contribution is -2.31. The molecule has 0 spiro atoms. The Hall–Kier alpha value is -0.600. The van der Waals surface area contributed by atoms with Gasteiger partial charge in [0.05, 0.1) is 0 Å². The minimum atomic E-state index is -4.37. The van der Waals surface area contributed by atoms with E-state index in [-0.39, 0.29) is 11.4 Å². The fourth-order valence-corrected chi connectivity index (χ4v) is 3.97. The van der Waals surface area contributed by atoms with Gasteiger partial charge in [0, 0.05) is 23.5 Å². The zero-order valence-electron chi connectivity index (χ0n) is 11.0. The smallest absolute Gasteiger partial charge is 0.210 e. The maximum absolute atomic E-state index is 13.4. The van der Waals surface area contributed by atoms with Crippen molar-refractivity contribution in [2.75, 3.05) is 6.54 Å². The second-order valence-electron chi connectivity index (χ2n) is 4.78. The van der Waals surface area contributed by atoms with Gasteiger partial charge in [0.15, 0.2) is 4.90 Å². The highest BCUT2D eigenvalue weighted by Gasteiger charge is 2.25. The first-order chi connectivity index (χ1) is 9.13. The molecule has 20 heavy (non-hydrogen) atoms. The van der Waals surface area contributed by atoms with Crippen molar-refractivity contribution in [3.63, 3.8) is 0 Å². The number of hydrogen-bond acceptors (Lipinski definition) is 2. The first-order valence-corrected chi connectivity index (χ1v) is 8.31. The summed E-state index contributed by atoms with van der Waals surface area (Å²) in [6.45, 7) is 3.90. The molecule has 0 heterocycles. The van der Waals surface area contributed by atoms with E-state index in [4.69, 9.17) is 0 Å². The minimum absolute atomic E-state index is 0.0171. The minimum Gasteiger partial charge on any atom is -0.210 e. The average molecular weight is 374 g/mol. The first-order valence-electron chi connectivity index (χ1n) is 5.91. The van der Waals surface area contributed by atoms with E-state index < -0.39 is 32.4 Å². The van der Waals surface area contributed by atoms with Crippen LogP contribution in [0.5, 0.6) is 0 Å². The van der Waals surface area contributed by atoms with Crippen molar-refractivity contribution >= 4 is 26.0 Å². The number of sulfonamides is 1. The Morgan fingerprint density at radius 1 is 1.20 bits per heavy atom. The van der Waals surface area contributed by atoms with E-state index in [1.54, 1.807) is 0 Å². The summed E-state index contributed by atoms with van der Waals surface area (Å²) in [4.78, 5) is -1.33. The van der Waals surface area contributed by atoms with Gasteiger partial charge in [0.25, 0.3) is 0 Å². The number of halogens is 4. The first kappa shape index (κ1) is 17.5. The van der Waals surface area contributed by atoms with Crippen LogP contribution in [0, 0.1) is 23.4 Å². The summed E-state index contributed by atoms with van der Waals surface area (Å²) in [5.74, 6) is -3.74. The van der Waals surface area contributed by atoms with Crippen LogP contribution in [0.25, 0.3) is 0 Å². The number of benzene rings is 1. The van der Waals surface area contributed by atoms with Gasteiger partial charge in [-0.05, 0) is 12.3 Å². The fourth-order valence-electron chi connectivity index (χ4n) is 1.65. The Morgan fingerprint density at radius 3 is 2.15 bits per heavy atom. The van der Waals surface area contributed by atoms with Gasteiger partial charge < -0.3 is 0 Å². The third-order valence-corrected chi connectivity index (χ3v) is 4.63. The molecule has 0 saturated carbocycles. The van der Waals surface area contributed by atoms with Crippen LogP contribution < -0.4 is 4.72 Å². The summed E-state index contributed by atoms with van der Waals surface area (Å²) >= 11 is 3.28. The normalized spacial score (nSPS) is 13.8. The standard InChI is InChI=1S/C12H15BrF3NO2S/c1-7(2)3-8(13)6-17-20(18,19)12-10(15)4-9(14)5-11(12)16/h4-5,7-8,17H,3,6H2,1-2H3. The average Bonchev–Trinajstić information content (AvgIpc) is 2.23. The quantitative estimate of drug-likeness (QED) is 0.778. The molecule has 0 bridgehead atoms. The predicted molar refractivity (Wildman–Crippen MR) is 73.7 cm³/mol. The van der Waals surface area contributed by atoms with Crippen molar-refractivity contribution < 1.29 is 21.6 Å². The van der Waals surface area contributed by atoms with Gasteiger partial charge in [0.2, 0.25) is 10.0 Å². The summed E-state index contributed by atoms with van der Waals surface area (Å²) in [5, 5.41) is 0. The second-order valence-corrected chi connectivity index (χ2v) is 7.78. The van der Waals surface area contributed by atoms with E-state index in [0.717, 1.165) is 0 Å². The molecule has 0 saturated heterocycles. The third-order valence-electron chi connectivity index (χ3n) is 2.45. The van der Waals surface area contributed by atoms with E-state index in [0.29, 0.717) is 24.5 Å². The fraction of sp³-hybridized carbons (Fsp3) is 0.500. The Balaban J connectivity index is 2.90. The molecule has 0 aliphatic heterocycles. The van der Waals surface area contributed by atoms with E-state index in [9.17, 15) is 21.6 Å². The monoisotopic (exact) mass is 373 g/mol. The van der Waals surface area contributed by atoms with Crippen molar-refractivity contribution in [2.24, 2.45) is 5.92 Å². The molecule has 1 aromatic carbocycles. The van der Waals surface area contributed by atoms with Crippen molar-refractivity contribution in [3.05, 3.63) is 29.6 Å². The third kappa shape index (κ3) is 4.75. The number of hydrogen-bond donors (Lipinski definition) is 1. The molecular formula is C12H15BrF3NO2S. The summed E-state index contributed by atoms with van der Waals surface area (Å²) in [7, 11) is -4.37. The zero-order valence-corrected chi connectivity index (χ0v) is 13.4. The molecule has 3 nitrogen and oxygen atoms in total. The summed E-state index contributed by atoms with van der Waals surface area (Å²) < 4.78 is 65.4. The summed E-state index contributed by atoms with van der Waals surface area (Å²) in [5.41, 5.74) is 0. The summed E-state index contributed by atoms with van der Waals surface area (Å²) in [6, 6.07) is 0.661. The lowest BCUT2D eigenvalue weighted by Gasteiger charge is -2.14.